The zero-order valence-electron chi connectivity index (χ0n) is 24.7. The topological polar surface area (TPSA) is 111 Å². The SMILES string of the molecule is COc1ccc(S(=O)(=O)N(CC(=O)NN=Cc2cc(C)n(-c3ccc(C)cc3)c2C)c2cc(Cl)ccc2OC)cc1OC. The number of carbonyl (C=O) groups is 1. The Morgan fingerprint density at radius 3 is 2.21 bits per heavy atom. The Morgan fingerprint density at radius 1 is 0.907 bits per heavy atom. The summed E-state index contributed by atoms with van der Waals surface area (Å²) in [6.07, 6.45) is 1.53. The number of amides is 1. The molecule has 0 aliphatic heterocycles. The van der Waals surface area contributed by atoms with Crippen LogP contribution in [0.1, 0.15) is 22.5 Å². The van der Waals surface area contributed by atoms with Gasteiger partial charge in [-0.05, 0) is 69.3 Å². The van der Waals surface area contributed by atoms with Gasteiger partial charge in [0.2, 0.25) is 0 Å². The Balaban J connectivity index is 1.64. The van der Waals surface area contributed by atoms with E-state index in [1.807, 2.05) is 51.1 Å². The molecule has 10 nitrogen and oxygen atoms in total. The fourth-order valence-electron chi connectivity index (χ4n) is 4.61. The quantitative estimate of drug-likeness (QED) is 0.176. The van der Waals surface area contributed by atoms with Crippen LogP contribution in [0.2, 0.25) is 5.02 Å². The predicted molar refractivity (Wildman–Crippen MR) is 168 cm³/mol. The van der Waals surface area contributed by atoms with E-state index in [2.05, 4.69) is 15.1 Å². The van der Waals surface area contributed by atoms with Crippen molar-refractivity contribution in [2.45, 2.75) is 25.7 Å². The fourth-order valence-corrected chi connectivity index (χ4v) is 6.22. The van der Waals surface area contributed by atoms with Crippen LogP contribution in [-0.2, 0) is 14.8 Å². The molecule has 0 saturated heterocycles. The second-order valence-corrected chi connectivity index (χ2v) is 11.9. The number of benzene rings is 3. The molecule has 1 amide bonds. The van der Waals surface area contributed by atoms with Crippen molar-refractivity contribution in [1.29, 1.82) is 0 Å². The van der Waals surface area contributed by atoms with E-state index in [1.54, 1.807) is 6.07 Å². The summed E-state index contributed by atoms with van der Waals surface area (Å²) in [6, 6.07) is 18.8. The molecule has 0 radical (unpaired) electrons. The third-order valence-electron chi connectivity index (χ3n) is 6.80. The van der Waals surface area contributed by atoms with Gasteiger partial charge < -0.3 is 18.8 Å². The average Bonchev–Trinajstić information content (AvgIpc) is 3.27. The minimum Gasteiger partial charge on any atom is -0.495 e. The molecule has 4 aromatic rings. The van der Waals surface area contributed by atoms with E-state index in [0.29, 0.717) is 5.75 Å². The summed E-state index contributed by atoms with van der Waals surface area (Å²) < 4.78 is 46.9. The van der Waals surface area contributed by atoms with Gasteiger partial charge in [-0.25, -0.2) is 13.8 Å². The van der Waals surface area contributed by atoms with E-state index in [9.17, 15) is 13.2 Å². The van der Waals surface area contributed by atoms with Crippen molar-refractivity contribution >= 4 is 39.4 Å². The van der Waals surface area contributed by atoms with Gasteiger partial charge in [0.15, 0.2) is 11.5 Å². The highest BCUT2D eigenvalue weighted by Crippen LogP contribution is 2.37. The van der Waals surface area contributed by atoms with Gasteiger partial charge in [-0.2, -0.15) is 5.10 Å². The van der Waals surface area contributed by atoms with E-state index < -0.39 is 22.5 Å². The number of nitrogens with one attached hydrogen (secondary N) is 1. The van der Waals surface area contributed by atoms with E-state index in [1.165, 1.54) is 57.9 Å². The number of hydrogen-bond acceptors (Lipinski definition) is 7. The molecule has 0 unspecified atom stereocenters. The second-order valence-electron chi connectivity index (χ2n) is 9.64. The first kappa shape index (κ1) is 31.5. The summed E-state index contributed by atoms with van der Waals surface area (Å²) in [4.78, 5) is 13.0. The molecule has 0 atom stereocenters. The molecule has 0 aliphatic carbocycles. The molecule has 0 spiro atoms. The number of anilines is 1. The molecule has 0 aliphatic rings. The van der Waals surface area contributed by atoms with Crippen LogP contribution in [0.4, 0.5) is 5.69 Å². The highest BCUT2D eigenvalue weighted by atomic mass is 35.5. The lowest BCUT2D eigenvalue weighted by atomic mass is 10.2. The van der Waals surface area contributed by atoms with Crippen LogP contribution in [0, 0.1) is 20.8 Å². The monoisotopic (exact) mass is 624 g/mol. The Bertz CT molecular complexity index is 1770. The lowest BCUT2D eigenvalue weighted by Gasteiger charge is -2.25. The van der Waals surface area contributed by atoms with Crippen LogP contribution in [0.25, 0.3) is 5.69 Å². The summed E-state index contributed by atoms with van der Waals surface area (Å²) in [7, 11) is -0.0956. The van der Waals surface area contributed by atoms with Crippen LogP contribution >= 0.6 is 11.6 Å². The summed E-state index contributed by atoms with van der Waals surface area (Å²) in [5, 5.41) is 4.38. The van der Waals surface area contributed by atoms with Crippen LogP contribution in [0.5, 0.6) is 17.2 Å². The number of sulfonamides is 1. The first-order valence-corrected chi connectivity index (χ1v) is 15.0. The van der Waals surface area contributed by atoms with Gasteiger partial charge in [0.05, 0.1) is 38.1 Å². The van der Waals surface area contributed by atoms with Gasteiger partial charge in [-0.3, -0.25) is 9.10 Å². The maximum Gasteiger partial charge on any atom is 0.265 e. The molecule has 226 valence electrons. The van der Waals surface area contributed by atoms with Crippen LogP contribution in [0.15, 0.2) is 76.7 Å². The summed E-state index contributed by atoms with van der Waals surface area (Å²) in [5.41, 5.74) is 7.41. The van der Waals surface area contributed by atoms with Crippen molar-refractivity contribution in [3.8, 4) is 22.9 Å². The average molecular weight is 625 g/mol. The van der Waals surface area contributed by atoms with Crippen LogP contribution in [-0.4, -0.2) is 53.0 Å². The zero-order chi connectivity index (χ0) is 31.3. The highest BCUT2D eigenvalue weighted by molar-refractivity contribution is 7.92. The number of carbonyl (C=O) groups excluding carboxylic acids is 1. The third kappa shape index (κ3) is 6.79. The van der Waals surface area contributed by atoms with Gasteiger partial charge in [0.1, 0.15) is 12.3 Å². The Morgan fingerprint density at radius 2 is 1.56 bits per heavy atom. The van der Waals surface area contributed by atoms with Crippen LogP contribution in [0.3, 0.4) is 0 Å². The van der Waals surface area contributed by atoms with E-state index >= 15 is 0 Å². The van der Waals surface area contributed by atoms with Crippen molar-refractivity contribution < 1.29 is 27.4 Å². The highest BCUT2D eigenvalue weighted by Gasteiger charge is 2.30. The van der Waals surface area contributed by atoms with Gasteiger partial charge in [0, 0.05) is 33.7 Å². The molecule has 1 aromatic heterocycles. The van der Waals surface area contributed by atoms with E-state index in [4.69, 9.17) is 25.8 Å². The fraction of sp³-hybridized carbons (Fsp3) is 0.226. The molecule has 3 aromatic carbocycles. The molecule has 1 N–H and O–H groups in total. The van der Waals surface area contributed by atoms with Gasteiger partial charge in [0.25, 0.3) is 15.9 Å². The maximum atomic E-state index is 14.0. The van der Waals surface area contributed by atoms with E-state index in [0.717, 1.165) is 32.5 Å². The zero-order valence-corrected chi connectivity index (χ0v) is 26.3. The van der Waals surface area contributed by atoms with Crippen molar-refractivity contribution in [3.05, 3.63) is 94.3 Å². The Kier molecular flexibility index (Phi) is 9.67. The molecule has 1 heterocycles. The molecule has 0 saturated carbocycles. The number of aromatic nitrogens is 1. The number of nitrogens with zero attached hydrogens (tertiary/aromatic N) is 3. The number of aryl methyl sites for hydroxylation is 2. The van der Waals surface area contributed by atoms with Crippen LogP contribution < -0.4 is 23.9 Å². The summed E-state index contributed by atoms with van der Waals surface area (Å²) >= 11 is 6.23. The molecule has 12 heteroatoms. The minimum atomic E-state index is -4.33. The number of hydrogen-bond donors (Lipinski definition) is 1. The van der Waals surface area contributed by atoms with Gasteiger partial charge >= 0.3 is 0 Å². The smallest absolute Gasteiger partial charge is 0.265 e. The number of ether oxygens (including phenoxy) is 3. The molecular weight excluding hydrogens is 592 g/mol. The lowest BCUT2D eigenvalue weighted by Crippen LogP contribution is -2.39. The maximum absolute atomic E-state index is 14.0. The third-order valence-corrected chi connectivity index (χ3v) is 8.79. The number of methoxy groups -OCH3 is 3. The van der Waals surface area contributed by atoms with Crippen molar-refractivity contribution in [2.24, 2.45) is 5.10 Å². The first-order chi connectivity index (χ1) is 20.5. The summed E-state index contributed by atoms with van der Waals surface area (Å²) in [6.45, 7) is 5.35. The standard InChI is InChI=1S/C31H33ClN4O6S/c1-20-7-10-25(11-8-20)36-21(2)15-23(22(36)3)18-33-34-31(37)19-35(27-16-24(32)9-13-28(27)40-4)43(38,39)26-12-14-29(41-5)30(17-26)42-6/h7-18H,19H2,1-6H3,(H,34,37). The molecule has 0 bridgehead atoms. The number of halogens is 1. The van der Waals surface area contributed by atoms with Gasteiger partial charge in [-0.15, -0.1) is 0 Å². The molecule has 43 heavy (non-hydrogen) atoms. The predicted octanol–water partition coefficient (Wildman–Crippen LogP) is 5.43. The van der Waals surface area contributed by atoms with Gasteiger partial charge in [-0.1, -0.05) is 29.3 Å². The minimum absolute atomic E-state index is 0.0746. The Hall–Kier alpha value is -4.48. The normalized spacial score (nSPS) is 11.4. The number of rotatable bonds is 11. The molecular formula is C31H33ClN4O6S. The van der Waals surface area contributed by atoms with E-state index in [-0.39, 0.29) is 27.1 Å². The second kappa shape index (κ2) is 13.2. The molecule has 4 rings (SSSR count). The van der Waals surface area contributed by atoms with Crippen molar-refractivity contribution in [1.82, 2.24) is 9.99 Å². The Labute approximate surface area is 256 Å². The van der Waals surface area contributed by atoms with Crippen molar-refractivity contribution in [3.63, 3.8) is 0 Å². The first-order valence-electron chi connectivity index (χ1n) is 13.2. The lowest BCUT2D eigenvalue weighted by molar-refractivity contribution is -0.119. The number of hydrazone groups is 1. The molecule has 0 fully saturated rings. The van der Waals surface area contributed by atoms with Crippen molar-refractivity contribution in [2.75, 3.05) is 32.2 Å². The largest absolute Gasteiger partial charge is 0.495 e. The summed E-state index contributed by atoms with van der Waals surface area (Å²) in [5.74, 6) is 0.0731.